The van der Waals surface area contributed by atoms with Crippen LogP contribution in [0.15, 0.2) is 30.5 Å². The SMILES string of the molecule is CC1CN(CCc2c[nH]c3ccccc23)CC(CN)O1. The van der Waals surface area contributed by atoms with E-state index in [-0.39, 0.29) is 12.2 Å². The van der Waals surface area contributed by atoms with Crippen molar-refractivity contribution in [3.8, 4) is 0 Å². The lowest BCUT2D eigenvalue weighted by atomic mass is 10.1. The van der Waals surface area contributed by atoms with Crippen LogP contribution in [0.3, 0.4) is 0 Å². The summed E-state index contributed by atoms with van der Waals surface area (Å²) in [6.45, 7) is 5.74. The zero-order valence-electron chi connectivity index (χ0n) is 12.0. The average Bonchev–Trinajstić information content (AvgIpc) is 2.88. The van der Waals surface area contributed by atoms with Crippen LogP contribution < -0.4 is 5.73 Å². The summed E-state index contributed by atoms with van der Waals surface area (Å²) in [5.41, 5.74) is 8.35. The van der Waals surface area contributed by atoms with Crippen LogP contribution in [0.1, 0.15) is 12.5 Å². The maximum atomic E-state index is 5.80. The molecule has 108 valence electrons. The van der Waals surface area contributed by atoms with E-state index in [1.807, 2.05) is 0 Å². The zero-order chi connectivity index (χ0) is 13.9. The van der Waals surface area contributed by atoms with Gasteiger partial charge >= 0.3 is 0 Å². The topological polar surface area (TPSA) is 54.3 Å². The number of fused-ring (bicyclic) bond motifs is 1. The molecule has 3 rings (SSSR count). The van der Waals surface area contributed by atoms with Gasteiger partial charge in [0, 0.05) is 43.3 Å². The van der Waals surface area contributed by atoms with E-state index in [1.54, 1.807) is 0 Å². The van der Waals surface area contributed by atoms with Crippen LogP contribution in [0, 0.1) is 0 Å². The van der Waals surface area contributed by atoms with E-state index in [0.717, 1.165) is 26.1 Å². The van der Waals surface area contributed by atoms with Crippen LogP contribution in [-0.4, -0.2) is 48.3 Å². The number of rotatable bonds is 4. The molecule has 0 bridgehead atoms. The number of morpholine rings is 1. The first kappa shape index (κ1) is 13.6. The molecule has 2 heterocycles. The van der Waals surface area contributed by atoms with Crippen LogP contribution >= 0.6 is 0 Å². The van der Waals surface area contributed by atoms with Gasteiger partial charge in [-0.05, 0) is 25.0 Å². The molecule has 1 saturated heterocycles. The molecule has 3 N–H and O–H groups in total. The molecule has 1 aromatic heterocycles. The van der Waals surface area contributed by atoms with Crippen molar-refractivity contribution in [3.63, 3.8) is 0 Å². The third-order valence-corrected chi connectivity index (χ3v) is 4.04. The number of H-pyrrole nitrogens is 1. The number of para-hydroxylation sites is 1. The highest BCUT2D eigenvalue weighted by atomic mass is 16.5. The van der Waals surface area contributed by atoms with E-state index in [4.69, 9.17) is 10.5 Å². The molecular weight excluding hydrogens is 250 g/mol. The summed E-state index contributed by atoms with van der Waals surface area (Å²) in [5, 5.41) is 1.34. The number of nitrogens with zero attached hydrogens (tertiary/aromatic N) is 1. The van der Waals surface area contributed by atoms with Gasteiger partial charge in [-0.3, -0.25) is 4.90 Å². The normalized spacial score (nSPS) is 24.3. The number of ether oxygens (including phenoxy) is 1. The summed E-state index contributed by atoms with van der Waals surface area (Å²) < 4.78 is 5.80. The fourth-order valence-electron chi connectivity index (χ4n) is 3.07. The summed E-state index contributed by atoms with van der Waals surface area (Å²) >= 11 is 0. The first-order valence-corrected chi connectivity index (χ1v) is 7.39. The van der Waals surface area contributed by atoms with E-state index in [2.05, 4.69) is 47.3 Å². The molecular formula is C16H23N3O. The van der Waals surface area contributed by atoms with Gasteiger partial charge in [0.1, 0.15) is 0 Å². The molecule has 1 aliphatic rings. The molecule has 0 saturated carbocycles. The number of hydrogen-bond donors (Lipinski definition) is 2. The number of nitrogens with one attached hydrogen (secondary N) is 1. The van der Waals surface area contributed by atoms with Gasteiger partial charge in [0.2, 0.25) is 0 Å². The minimum atomic E-state index is 0.182. The number of aromatic nitrogens is 1. The van der Waals surface area contributed by atoms with Gasteiger partial charge in [0.05, 0.1) is 12.2 Å². The van der Waals surface area contributed by atoms with E-state index >= 15 is 0 Å². The van der Waals surface area contributed by atoms with Crippen LogP contribution in [0.4, 0.5) is 0 Å². The molecule has 2 atom stereocenters. The number of aromatic amines is 1. The lowest BCUT2D eigenvalue weighted by molar-refractivity contribution is -0.0715. The van der Waals surface area contributed by atoms with E-state index in [1.165, 1.54) is 16.5 Å². The molecule has 1 fully saturated rings. The van der Waals surface area contributed by atoms with Crippen molar-refractivity contribution in [2.24, 2.45) is 5.73 Å². The molecule has 0 amide bonds. The highest BCUT2D eigenvalue weighted by Gasteiger charge is 2.23. The van der Waals surface area contributed by atoms with Crippen molar-refractivity contribution in [1.29, 1.82) is 0 Å². The molecule has 0 spiro atoms. The zero-order valence-corrected chi connectivity index (χ0v) is 12.0. The van der Waals surface area contributed by atoms with Gasteiger partial charge in [0.15, 0.2) is 0 Å². The van der Waals surface area contributed by atoms with E-state index in [9.17, 15) is 0 Å². The summed E-state index contributed by atoms with van der Waals surface area (Å²) in [6.07, 6.45) is 3.66. The summed E-state index contributed by atoms with van der Waals surface area (Å²) in [4.78, 5) is 5.81. The minimum absolute atomic E-state index is 0.182. The third kappa shape index (κ3) is 2.87. The smallest absolute Gasteiger partial charge is 0.0828 e. The lowest BCUT2D eigenvalue weighted by Gasteiger charge is -2.36. The van der Waals surface area contributed by atoms with Gasteiger partial charge in [-0.1, -0.05) is 18.2 Å². The second-order valence-corrected chi connectivity index (χ2v) is 5.67. The van der Waals surface area contributed by atoms with Gasteiger partial charge < -0.3 is 15.5 Å². The standard InChI is InChI=1S/C16H23N3O/c1-12-10-19(11-14(8-17)20-12)7-6-13-9-18-16-5-3-2-4-15(13)16/h2-5,9,12,14,18H,6-8,10-11,17H2,1H3. The van der Waals surface area contributed by atoms with Crippen LogP contribution in [0.2, 0.25) is 0 Å². The maximum absolute atomic E-state index is 5.80. The first-order valence-electron chi connectivity index (χ1n) is 7.39. The summed E-state index contributed by atoms with van der Waals surface area (Å²) in [6, 6.07) is 8.48. The van der Waals surface area contributed by atoms with Crippen molar-refractivity contribution in [2.75, 3.05) is 26.2 Å². The first-order chi connectivity index (χ1) is 9.76. The Bertz CT molecular complexity index is 566. The molecule has 0 radical (unpaired) electrons. The Morgan fingerprint density at radius 2 is 2.20 bits per heavy atom. The summed E-state index contributed by atoms with van der Waals surface area (Å²) in [7, 11) is 0. The van der Waals surface area contributed by atoms with E-state index < -0.39 is 0 Å². The highest BCUT2D eigenvalue weighted by Crippen LogP contribution is 2.19. The molecule has 4 heteroatoms. The minimum Gasteiger partial charge on any atom is -0.371 e. The number of benzene rings is 1. The van der Waals surface area contributed by atoms with Crippen molar-refractivity contribution in [1.82, 2.24) is 9.88 Å². The molecule has 4 nitrogen and oxygen atoms in total. The Morgan fingerprint density at radius 3 is 3.05 bits per heavy atom. The molecule has 20 heavy (non-hydrogen) atoms. The Labute approximate surface area is 119 Å². The van der Waals surface area contributed by atoms with Crippen LogP contribution in [0.5, 0.6) is 0 Å². The maximum Gasteiger partial charge on any atom is 0.0828 e. The number of hydrogen-bond acceptors (Lipinski definition) is 3. The van der Waals surface area contributed by atoms with Crippen molar-refractivity contribution in [3.05, 3.63) is 36.0 Å². The van der Waals surface area contributed by atoms with Gasteiger partial charge in [-0.2, -0.15) is 0 Å². The highest BCUT2D eigenvalue weighted by molar-refractivity contribution is 5.83. The second kappa shape index (κ2) is 5.95. The van der Waals surface area contributed by atoms with Crippen molar-refractivity contribution in [2.45, 2.75) is 25.6 Å². The fourth-order valence-corrected chi connectivity index (χ4v) is 3.07. The molecule has 0 aliphatic carbocycles. The van der Waals surface area contributed by atoms with Gasteiger partial charge in [-0.25, -0.2) is 0 Å². The molecule has 1 aromatic carbocycles. The van der Waals surface area contributed by atoms with Crippen LogP contribution in [-0.2, 0) is 11.2 Å². The molecule has 2 unspecified atom stereocenters. The Morgan fingerprint density at radius 1 is 1.35 bits per heavy atom. The Hall–Kier alpha value is -1.36. The van der Waals surface area contributed by atoms with Gasteiger partial charge in [0.25, 0.3) is 0 Å². The fraction of sp³-hybridized carbons (Fsp3) is 0.500. The van der Waals surface area contributed by atoms with Crippen LogP contribution in [0.25, 0.3) is 10.9 Å². The number of nitrogens with two attached hydrogens (primary N) is 1. The molecule has 2 aromatic rings. The Balaban J connectivity index is 1.64. The largest absolute Gasteiger partial charge is 0.371 e. The second-order valence-electron chi connectivity index (χ2n) is 5.67. The lowest BCUT2D eigenvalue weighted by Crippen LogP contribution is -2.49. The predicted molar refractivity (Wildman–Crippen MR) is 81.8 cm³/mol. The average molecular weight is 273 g/mol. The predicted octanol–water partition coefficient (Wildman–Crippen LogP) is 1.76. The quantitative estimate of drug-likeness (QED) is 0.892. The van der Waals surface area contributed by atoms with Crippen molar-refractivity contribution >= 4 is 10.9 Å². The summed E-state index contributed by atoms with van der Waals surface area (Å²) in [5.74, 6) is 0. The van der Waals surface area contributed by atoms with E-state index in [0.29, 0.717) is 6.54 Å². The Kier molecular flexibility index (Phi) is 4.05. The monoisotopic (exact) mass is 273 g/mol. The van der Waals surface area contributed by atoms with Gasteiger partial charge in [-0.15, -0.1) is 0 Å². The third-order valence-electron chi connectivity index (χ3n) is 4.04. The molecule has 1 aliphatic heterocycles. The van der Waals surface area contributed by atoms with Crippen molar-refractivity contribution < 1.29 is 4.74 Å².